The van der Waals surface area contributed by atoms with E-state index in [4.69, 9.17) is 0 Å². The molecule has 0 fully saturated rings. The summed E-state index contributed by atoms with van der Waals surface area (Å²) >= 11 is 3.60. The molecule has 4 heteroatoms. The predicted molar refractivity (Wildman–Crippen MR) is 86.2 cm³/mol. The SMILES string of the molecule is CCNC(Cc1cccc(F)c1)c1cc2sccc2s1. The van der Waals surface area contributed by atoms with E-state index in [0.717, 1.165) is 18.5 Å². The number of rotatable bonds is 5. The zero-order chi connectivity index (χ0) is 13.9. The maximum atomic E-state index is 13.3. The molecule has 104 valence electrons. The van der Waals surface area contributed by atoms with Crippen LogP contribution in [0, 0.1) is 5.82 Å². The maximum absolute atomic E-state index is 13.3. The maximum Gasteiger partial charge on any atom is 0.123 e. The van der Waals surface area contributed by atoms with Gasteiger partial charge in [0.05, 0.1) is 0 Å². The lowest BCUT2D eigenvalue weighted by Gasteiger charge is -2.16. The first kappa shape index (κ1) is 13.7. The van der Waals surface area contributed by atoms with E-state index in [-0.39, 0.29) is 11.9 Å². The summed E-state index contributed by atoms with van der Waals surface area (Å²) in [5, 5.41) is 5.63. The Morgan fingerprint density at radius 1 is 1.20 bits per heavy atom. The normalized spacial score (nSPS) is 12.9. The average Bonchev–Trinajstić information content (AvgIpc) is 2.99. The Labute approximate surface area is 126 Å². The zero-order valence-electron chi connectivity index (χ0n) is 11.2. The summed E-state index contributed by atoms with van der Waals surface area (Å²) in [5.74, 6) is -0.162. The van der Waals surface area contributed by atoms with Gasteiger partial charge in [0.2, 0.25) is 0 Å². The Balaban J connectivity index is 1.86. The first-order chi connectivity index (χ1) is 9.76. The summed E-state index contributed by atoms with van der Waals surface area (Å²) < 4.78 is 16.0. The standard InChI is InChI=1S/C16H16FNS2/c1-2-18-13(9-11-4-3-5-12(17)8-11)15-10-16-14(20-15)6-7-19-16/h3-8,10,13,18H,2,9H2,1H3. The fourth-order valence-electron chi connectivity index (χ4n) is 2.38. The lowest BCUT2D eigenvalue weighted by atomic mass is 10.0. The van der Waals surface area contributed by atoms with Crippen LogP contribution >= 0.6 is 22.7 Å². The highest BCUT2D eigenvalue weighted by atomic mass is 32.1. The molecule has 1 aromatic carbocycles. The highest BCUT2D eigenvalue weighted by molar-refractivity contribution is 7.26. The fourth-order valence-corrected chi connectivity index (χ4v) is 4.57. The minimum atomic E-state index is -0.162. The summed E-state index contributed by atoms with van der Waals surface area (Å²) in [4.78, 5) is 1.33. The number of likely N-dealkylation sites (N-methyl/N-ethyl adjacent to an activating group) is 1. The number of hydrogen-bond acceptors (Lipinski definition) is 3. The van der Waals surface area contributed by atoms with E-state index in [1.54, 1.807) is 23.5 Å². The van der Waals surface area contributed by atoms with Gasteiger partial charge in [-0.05, 0) is 48.2 Å². The van der Waals surface area contributed by atoms with Crippen molar-refractivity contribution in [1.82, 2.24) is 5.32 Å². The van der Waals surface area contributed by atoms with Crippen molar-refractivity contribution in [1.29, 1.82) is 0 Å². The number of fused-ring (bicyclic) bond motifs is 1. The third kappa shape index (κ3) is 2.92. The zero-order valence-corrected chi connectivity index (χ0v) is 12.9. The Morgan fingerprint density at radius 3 is 2.85 bits per heavy atom. The molecule has 0 spiro atoms. The highest BCUT2D eigenvalue weighted by Gasteiger charge is 2.15. The van der Waals surface area contributed by atoms with Gasteiger partial charge in [0, 0.05) is 20.3 Å². The molecule has 1 N–H and O–H groups in total. The molecule has 2 aromatic heterocycles. The predicted octanol–water partition coefficient (Wildman–Crippen LogP) is 5.00. The van der Waals surface area contributed by atoms with Gasteiger partial charge in [0.1, 0.15) is 5.82 Å². The number of thiophene rings is 2. The lowest BCUT2D eigenvalue weighted by Crippen LogP contribution is -2.22. The van der Waals surface area contributed by atoms with Gasteiger partial charge in [-0.1, -0.05) is 19.1 Å². The Kier molecular flexibility index (Phi) is 4.15. The lowest BCUT2D eigenvalue weighted by molar-refractivity contribution is 0.555. The molecular formula is C16H16FNS2. The second-order valence-electron chi connectivity index (χ2n) is 4.74. The number of benzene rings is 1. The molecule has 0 aliphatic rings. The molecule has 0 radical (unpaired) electrons. The van der Waals surface area contributed by atoms with E-state index in [0.29, 0.717) is 0 Å². The minimum absolute atomic E-state index is 0.162. The van der Waals surface area contributed by atoms with E-state index in [1.807, 2.05) is 17.4 Å². The Hall–Kier alpha value is -1.23. The van der Waals surface area contributed by atoms with Crippen molar-refractivity contribution in [3.05, 3.63) is 58.0 Å². The number of nitrogens with one attached hydrogen (secondary N) is 1. The average molecular weight is 305 g/mol. The van der Waals surface area contributed by atoms with Crippen LogP contribution in [0.15, 0.2) is 41.8 Å². The van der Waals surface area contributed by atoms with E-state index < -0.39 is 0 Å². The van der Waals surface area contributed by atoms with Crippen LogP contribution in [-0.4, -0.2) is 6.54 Å². The van der Waals surface area contributed by atoms with Crippen molar-refractivity contribution in [2.75, 3.05) is 6.54 Å². The molecule has 0 aliphatic carbocycles. The van der Waals surface area contributed by atoms with E-state index >= 15 is 0 Å². The molecule has 2 heterocycles. The molecule has 0 amide bonds. The van der Waals surface area contributed by atoms with Crippen LogP contribution in [0.4, 0.5) is 4.39 Å². The quantitative estimate of drug-likeness (QED) is 0.700. The second kappa shape index (κ2) is 6.04. The topological polar surface area (TPSA) is 12.0 Å². The molecule has 1 unspecified atom stereocenters. The van der Waals surface area contributed by atoms with Crippen molar-refractivity contribution >= 4 is 32.1 Å². The second-order valence-corrected chi connectivity index (χ2v) is 6.81. The number of halogens is 1. The van der Waals surface area contributed by atoms with E-state index in [1.165, 1.54) is 20.3 Å². The summed E-state index contributed by atoms with van der Waals surface area (Å²) in [6, 6.07) is 11.6. The molecule has 0 bridgehead atoms. The summed E-state index contributed by atoms with van der Waals surface area (Å²) in [6.45, 7) is 3.01. The van der Waals surface area contributed by atoms with E-state index in [9.17, 15) is 4.39 Å². The molecule has 0 saturated heterocycles. The van der Waals surface area contributed by atoms with Crippen molar-refractivity contribution in [3.63, 3.8) is 0 Å². The summed E-state index contributed by atoms with van der Waals surface area (Å²) in [5.41, 5.74) is 1.03. The van der Waals surface area contributed by atoms with Crippen molar-refractivity contribution in [2.45, 2.75) is 19.4 Å². The molecule has 1 nitrogen and oxygen atoms in total. The first-order valence-electron chi connectivity index (χ1n) is 6.71. The molecule has 1 atom stereocenters. The van der Waals surface area contributed by atoms with Crippen LogP contribution in [0.25, 0.3) is 9.40 Å². The van der Waals surface area contributed by atoms with Crippen LogP contribution in [0.3, 0.4) is 0 Å². The van der Waals surface area contributed by atoms with Gasteiger partial charge in [0.15, 0.2) is 0 Å². The van der Waals surface area contributed by atoms with Crippen molar-refractivity contribution in [3.8, 4) is 0 Å². The van der Waals surface area contributed by atoms with Crippen LogP contribution in [0.1, 0.15) is 23.4 Å². The van der Waals surface area contributed by atoms with Crippen molar-refractivity contribution < 1.29 is 4.39 Å². The van der Waals surface area contributed by atoms with Crippen LogP contribution in [0.2, 0.25) is 0 Å². The van der Waals surface area contributed by atoms with Gasteiger partial charge in [-0.3, -0.25) is 0 Å². The monoisotopic (exact) mass is 305 g/mol. The fraction of sp³-hybridized carbons (Fsp3) is 0.250. The third-order valence-electron chi connectivity index (χ3n) is 3.28. The largest absolute Gasteiger partial charge is 0.309 e. The first-order valence-corrected chi connectivity index (χ1v) is 8.40. The van der Waals surface area contributed by atoms with Gasteiger partial charge in [-0.15, -0.1) is 22.7 Å². The van der Waals surface area contributed by atoms with Gasteiger partial charge in [-0.25, -0.2) is 4.39 Å². The van der Waals surface area contributed by atoms with Crippen LogP contribution in [-0.2, 0) is 6.42 Å². The van der Waals surface area contributed by atoms with Crippen LogP contribution < -0.4 is 5.32 Å². The Bertz CT molecular complexity index is 673. The third-order valence-corrected chi connectivity index (χ3v) is 5.49. The molecule has 3 aromatic rings. The van der Waals surface area contributed by atoms with Gasteiger partial charge < -0.3 is 5.32 Å². The smallest absolute Gasteiger partial charge is 0.123 e. The molecular weight excluding hydrogens is 289 g/mol. The Morgan fingerprint density at radius 2 is 2.10 bits per heavy atom. The van der Waals surface area contributed by atoms with E-state index in [2.05, 4.69) is 29.8 Å². The van der Waals surface area contributed by atoms with Gasteiger partial charge in [-0.2, -0.15) is 0 Å². The van der Waals surface area contributed by atoms with Gasteiger partial charge >= 0.3 is 0 Å². The van der Waals surface area contributed by atoms with Crippen molar-refractivity contribution in [2.24, 2.45) is 0 Å². The molecule has 0 saturated carbocycles. The molecule has 0 aliphatic heterocycles. The molecule has 3 rings (SSSR count). The molecule has 20 heavy (non-hydrogen) atoms. The summed E-state index contributed by atoms with van der Waals surface area (Å²) in [7, 11) is 0. The number of hydrogen-bond donors (Lipinski definition) is 1. The minimum Gasteiger partial charge on any atom is -0.309 e. The van der Waals surface area contributed by atoms with Gasteiger partial charge in [0.25, 0.3) is 0 Å². The summed E-state index contributed by atoms with van der Waals surface area (Å²) in [6.07, 6.45) is 0.819. The van der Waals surface area contributed by atoms with Crippen LogP contribution in [0.5, 0.6) is 0 Å². The highest BCUT2D eigenvalue weighted by Crippen LogP contribution is 2.34.